The Morgan fingerprint density at radius 2 is 1.92 bits per heavy atom. The molecule has 1 saturated carbocycles. The molecule has 25 heavy (non-hydrogen) atoms. The second kappa shape index (κ2) is 7.91. The number of amides is 1. The van der Waals surface area contributed by atoms with Crippen molar-refractivity contribution in [3.05, 3.63) is 35.7 Å². The molecule has 1 fully saturated rings. The maximum atomic E-state index is 12.4. The molecule has 2 aromatic rings. The summed E-state index contributed by atoms with van der Waals surface area (Å²) in [5, 5.41) is 11.7. The fraction of sp³-hybridized carbons (Fsp3) is 0.500. The zero-order chi connectivity index (χ0) is 17.8. The molecule has 134 valence electrons. The fourth-order valence-corrected chi connectivity index (χ4v) is 3.88. The number of nitrogens with zero attached hydrogens (tertiary/aromatic N) is 3. The number of aryl methyl sites for hydroxylation is 1. The Bertz CT molecular complexity index is 722. The van der Waals surface area contributed by atoms with Crippen molar-refractivity contribution >= 4 is 23.4 Å². The second-order valence-corrected chi connectivity index (χ2v) is 7.97. The van der Waals surface area contributed by atoms with Crippen LogP contribution in [0, 0.1) is 6.92 Å². The number of carbonyl (C=O) groups excluding carboxylic acids is 1. The molecule has 1 heterocycles. The van der Waals surface area contributed by atoms with Crippen molar-refractivity contribution in [2.75, 3.05) is 11.2 Å². The van der Waals surface area contributed by atoms with Gasteiger partial charge in [0, 0.05) is 11.6 Å². The molecule has 1 aromatic carbocycles. The predicted octanol–water partition coefficient (Wildman–Crippen LogP) is 3.47. The number of nitrogens with one attached hydrogen (secondary N) is 1. The zero-order valence-corrected chi connectivity index (χ0v) is 15.6. The van der Waals surface area contributed by atoms with E-state index in [1.807, 2.05) is 38.1 Å². The van der Waals surface area contributed by atoms with Gasteiger partial charge in [-0.1, -0.05) is 48.7 Å². The van der Waals surface area contributed by atoms with Crippen LogP contribution in [0.25, 0.3) is 0 Å². The number of carbonyl (C=O) groups is 1. The van der Waals surface area contributed by atoms with Crippen LogP contribution in [-0.4, -0.2) is 26.0 Å². The molecule has 1 aliphatic rings. The third-order valence-corrected chi connectivity index (χ3v) is 5.69. The summed E-state index contributed by atoms with van der Waals surface area (Å²) in [5.74, 6) is 7.35. The van der Waals surface area contributed by atoms with Crippen molar-refractivity contribution in [1.29, 1.82) is 0 Å². The Morgan fingerprint density at radius 3 is 2.60 bits per heavy atom. The van der Waals surface area contributed by atoms with Crippen LogP contribution in [0.5, 0.6) is 0 Å². The molecule has 0 saturated heterocycles. The average molecular weight is 359 g/mol. The molecule has 7 heteroatoms. The SMILES string of the molecule is Cc1ccc(NC(=O)[C@@H](C)Sc2nnc(C3CCCCC3)n2N)cc1. The number of anilines is 1. The molecule has 3 N–H and O–H groups in total. The van der Waals surface area contributed by atoms with Crippen molar-refractivity contribution in [3.63, 3.8) is 0 Å². The van der Waals surface area contributed by atoms with E-state index in [4.69, 9.17) is 5.84 Å². The maximum absolute atomic E-state index is 12.4. The largest absolute Gasteiger partial charge is 0.336 e. The molecule has 0 spiro atoms. The van der Waals surface area contributed by atoms with Crippen molar-refractivity contribution in [2.45, 2.75) is 62.3 Å². The summed E-state index contributed by atoms with van der Waals surface area (Å²) < 4.78 is 1.57. The van der Waals surface area contributed by atoms with Gasteiger partial charge < -0.3 is 11.2 Å². The molecule has 1 atom stereocenters. The Morgan fingerprint density at radius 1 is 1.24 bits per heavy atom. The van der Waals surface area contributed by atoms with Gasteiger partial charge in [-0.25, -0.2) is 4.68 Å². The van der Waals surface area contributed by atoms with Crippen LogP contribution in [0.1, 0.15) is 56.3 Å². The van der Waals surface area contributed by atoms with Gasteiger partial charge in [0.1, 0.15) is 0 Å². The molecule has 0 unspecified atom stereocenters. The third-order valence-electron chi connectivity index (χ3n) is 4.63. The molecule has 1 aromatic heterocycles. The highest BCUT2D eigenvalue weighted by atomic mass is 32.2. The second-order valence-electron chi connectivity index (χ2n) is 6.66. The van der Waals surface area contributed by atoms with E-state index in [2.05, 4.69) is 15.5 Å². The lowest BCUT2D eigenvalue weighted by Gasteiger charge is -2.20. The van der Waals surface area contributed by atoms with E-state index in [0.29, 0.717) is 11.1 Å². The molecule has 3 rings (SSSR count). The van der Waals surface area contributed by atoms with E-state index in [9.17, 15) is 4.79 Å². The quantitative estimate of drug-likeness (QED) is 0.631. The van der Waals surface area contributed by atoms with Crippen LogP contribution >= 0.6 is 11.8 Å². The lowest BCUT2D eigenvalue weighted by Crippen LogP contribution is -2.24. The van der Waals surface area contributed by atoms with E-state index in [1.165, 1.54) is 31.0 Å². The molecule has 0 aliphatic heterocycles. The van der Waals surface area contributed by atoms with E-state index in [-0.39, 0.29) is 11.2 Å². The van der Waals surface area contributed by atoms with Crippen LogP contribution in [0.4, 0.5) is 5.69 Å². The van der Waals surface area contributed by atoms with E-state index in [1.54, 1.807) is 4.68 Å². The number of hydrogen-bond donors (Lipinski definition) is 2. The number of nitrogen functional groups attached to an aromatic ring is 1. The normalized spacial score (nSPS) is 16.6. The van der Waals surface area contributed by atoms with E-state index >= 15 is 0 Å². The monoisotopic (exact) mass is 359 g/mol. The maximum Gasteiger partial charge on any atom is 0.237 e. The van der Waals surface area contributed by atoms with Crippen LogP contribution in [-0.2, 0) is 4.79 Å². The first-order valence-corrected chi connectivity index (χ1v) is 9.67. The van der Waals surface area contributed by atoms with Gasteiger partial charge in [0.2, 0.25) is 11.1 Å². The minimum Gasteiger partial charge on any atom is -0.336 e. The van der Waals surface area contributed by atoms with Gasteiger partial charge in [0.15, 0.2) is 5.82 Å². The Balaban J connectivity index is 1.62. The Hall–Kier alpha value is -2.02. The molecule has 1 amide bonds. The lowest BCUT2D eigenvalue weighted by molar-refractivity contribution is -0.115. The summed E-state index contributed by atoms with van der Waals surface area (Å²) in [6.45, 7) is 3.87. The zero-order valence-electron chi connectivity index (χ0n) is 14.7. The van der Waals surface area contributed by atoms with Crippen molar-refractivity contribution in [1.82, 2.24) is 14.9 Å². The molecule has 0 radical (unpaired) electrons. The number of benzene rings is 1. The van der Waals surface area contributed by atoms with E-state index < -0.39 is 0 Å². The van der Waals surface area contributed by atoms with Gasteiger partial charge in [0.05, 0.1) is 5.25 Å². The van der Waals surface area contributed by atoms with Gasteiger partial charge >= 0.3 is 0 Å². The van der Waals surface area contributed by atoms with Crippen LogP contribution in [0.3, 0.4) is 0 Å². The summed E-state index contributed by atoms with van der Waals surface area (Å²) in [5.41, 5.74) is 1.95. The summed E-state index contributed by atoms with van der Waals surface area (Å²) in [4.78, 5) is 12.4. The van der Waals surface area contributed by atoms with Gasteiger partial charge in [-0.15, -0.1) is 10.2 Å². The molecule has 0 bridgehead atoms. The molecular weight excluding hydrogens is 334 g/mol. The van der Waals surface area contributed by atoms with Crippen molar-refractivity contribution < 1.29 is 4.79 Å². The standard InChI is InChI=1S/C18H25N5OS/c1-12-8-10-15(11-9-12)20-17(24)13(2)25-18-22-21-16(23(18)19)14-6-4-3-5-7-14/h8-11,13-14H,3-7,19H2,1-2H3,(H,20,24)/t13-/m1/s1. The van der Waals surface area contributed by atoms with Crippen LogP contribution < -0.4 is 11.2 Å². The summed E-state index contributed by atoms with van der Waals surface area (Å²) in [6.07, 6.45) is 5.95. The number of aromatic nitrogens is 3. The lowest BCUT2D eigenvalue weighted by atomic mass is 9.89. The number of rotatable bonds is 5. The predicted molar refractivity (Wildman–Crippen MR) is 101 cm³/mol. The number of hydrogen-bond acceptors (Lipinski definition) is 5. The highest BCUT2D eigenvalue weighted by Gasteiger charge is 2.24. The average Bonchev–Trinajstić information content (AvgIpc) is 2.98. The highest BCUT2D eigenvalue weighted by Crippen LogP contribution is 2.32. The molecule has 6 nitrogen and oxygen atoms in total. The van der Waals surface area contributed by atoms with Crippen LogP contribution in [0.15, 0.2) is 29.4 Å². The topological polar surface area (TPSA) is 85.8 Å². The Labute approximate surface area is 152 Å². The fourth-order valence-electron chi connectivity index (χ4n) is 3.10. The summed E-state index contributed by atoms with van der Waals surface area (Å²) in [7, 11) is 0. The van der Waals surface area contributed by atoms with Crippen LogP contribution in [0.2, 0.25) is 0 Å². The van der Waals surface area contributed by atoms with E-state index in [0.717, 1.165) is 29.9 Å². The van der Waals surface area contributed by atoms with Gasteiger partial charge in [-0.05, 0) is 38.8 Å². The molecular formula is C18H25N5OS. The third kappa shape index (κ3) is 4.34. The summed E-state index contributed by atoms with van der Waals surface area (Å²) >= 11 is 1.34. The number of nitrogens with two attached hydrogens (primary N) is 1. The smallest absolute Gasteiger partial charge is 0.237 e. The van der Waals surface area contributed by atoms with Gasteiger partial charge in [-0.3, -0.25) is 4.79 Å². The van der Waals surface area contributed by atoms with Gasteiger partial charge in [0.25, 0.3) is 0 Å². The first-order chi connectivity index (χ1) is 12.0. The highest BCUT2D eigenvalue weighted by molar-refractivity contribution is 8.00. The van der Waals surface area contributed by atoms with Crippen molar-refractivity contribution in [3.8, 4) is 0 Å². The minimum atomic E-state index is -0.313. The van der Waals surface area contributed by atoms with Crippen molar-refractivity contribution in [2.24, 2.45) is 0 Å². The molecule has 1 aliphatic carbocycles. The first kappa shape index (κ1) is 17.8. The Kier molecular flexibility index (Phi) is 5.63. The summed E-state index contributed by atoms with van der Waals surface area (Å²) in [6, 6.07) is 7.75. The van der Waals surface area contributed by atoms with Gasteiger partial charge in [-0.2, -0.15) is 0 Å². The number of thioether (sulfide) groups is 1. The first-order valence-electron chi connectivity index (χ1n) is 8.79. The minimum absolute atomic E-state index is 0.0731.